The van der Waals surface area contributed by atoms with Crippen LogP contribution in [-0.2, 0) is 11.2 Å². The van der Waals surface area contributed by atoms with Gasteiger partial charge in [0.05, 0.1) is 23.4 Å². The van der Waals surface area contributed by atoms with Gasteiger partial charge in [0.1, 0.15) is 5.82 Å². The molecule has 0 saturated heterocycles. The molecular formula is C30H24FNO3. The van der Waals surface area contributed by atoms with E-state index in [4.69, 9.17) is 9.72 Å². The number of para-hydroxylation sites is 1. The number of nitrogens with zero attached hydrogens (tertiary/aromatic N) is 1. The quantitative estimate of drug-likeness (QED) is 0.174. The molecule has 0 bridgehead atoms. The van der Waals surface area contributed by atoms with Gasteiger partial charge in [-0.3, -0.25) is 4.79 Å². The van der Waals surface area contributed by atoms with Gasteiger partial charge in [0.15, 0.2) is 5.78 Å². The Morgan fingerprint density at radius 1 is 0.914 bits per heavy atom. The number of aromatic nitrogens is 1. The number of ketones is 1. The summed E-state index contributed by atoms with van der Waals surface area (Å²) >= 11 is 0. The SMILES string of the molecule is O=C(CCCOC(=O)c1c2c(nc3ccccc13)/C(=C/c1ccccc1)CC2)c1ccc(F)cc1. The number of esters is 1. The highest BCUT2D eigenvalue weighted by Gasteiger charge is 2.27. The summed E-state index contributed by atoms with van der Waals surface area (Å²) in [5.41, 5.74) is 5.74. The maximum atomic E-state index is 13.2. The molecule has 0 radical (unpaired) electrons. The number of ether oxygens (including phenoxy) is 1. The third kappa shape index (κ3) is 4.90. The number of hydrogen-bond acceptors (Lipinski definition) is 4. The van der Waals surface area contributed by atoms with Gasteiger partial charge in [-0.05, 0) is 72.4 Å². The van der Waals surface area contributed by atoms with Crippen LogP contribution in [0.25, 0.3) is 22.6 Å². The second kappa shape index (κ2) is 10.0. The molecule has 0 aliphatic heterocycles. The molecule has 4 aromatic rings. The lowest BCUT2D eigenvalue weighted by atomic mass is 10.0. The molecular weight excluding hydrogens is 441 g/mol. The van der Waals surface area contributed by atoms with Crippen molar-refractivity contribution in [2.24, 2.45) is 0 Å². The van der Waals surface area contributed by atoms with Crippen molar-refractivity contribution in [3.63, 3.8) is 0 Å². The highest BCUT2D eigenvalue weighted by atomic mass is 19.1. The van der Waals surface area contributed by atoms with E-state index in [2.05, 4.69) is 18.2 Å². The summed E-state index contributed by atoms with van der Waals surface area (Å²) in [6.45, 7) is 0.129. The van der Waals surface area contributed by atoms with Gasteiger partial charge in [-0.2, -0.15) is 0 Å². The van der Waals surface area contributed by atoms with Crippen LogP contribution in [0.3, 0.4) is 0 Å². The Bertz CT molecular complexity index is 1430. The zero-order chi connectivity index (χ0) is 24.2. The Morgan fingerprint density at radius 2 is 1.66 bits per heavy atom. The van der Waals surface area contributed by atoms with E-state index in [1.54, 1.807) is 0 Å². The molecule has 5 rings (SSSR count). The molecule has 0 amide bonds. The monoisotopic (exact) mass is 465 g/mol. The van der Waals surface area contributed by atoms with Crippen molar-refractivity contribution >= 4 is 34.3 Å². The van der Waals surface area contributed by atoms with E-state index in [1.165, 1.54) is 24.3 Å². The molecule has 1 aromatic heterocycles. The fourth-order valence-electron chi connectivity index (χ4n) is 4.51. The molecule has 4 nitrogen and oxygen atoms in total. The molecule has 174 valence electrons. The van der Waals surface area contributed by atoms with E-state index < -0.39 is 5.97 Å². The first-order chi connectivity index (χ1) is 17.1. The maximum absolute atomic E-state index is 13.2. The summed E-state index contributed by atoms with van der Waals surface area (Å²) in [5, 5.41) is 0.777. The smallest absolute Gasteiger partial charge is 0.339 e. The van der Waals surface area contributed by atoms with E-state index in [1.807, 2.05) is 42.5 Å². The van der Waals surface area contributed by atoms with Crippen LogP contribution < -0.4 is 0 Å². The molecule has 1 aliphatic carbocycles. The molecule has 5 heteroatoms. The van der Waals surface area contributed by atoms with Crippen LogP contribution in [0.4, 0.5) is 4.39 Å². The molecule has 0 atom stereocenters. The van der Waals surface area contributed by atoms with E-state index >= 15 is 0 Å². The van der Waals surface area contributed by atoms with Crippen LogP contribution in [0.1, 0.15) is 56.8 Å². The zero-order valence-corrected chi connectivity index (χ0v) is 19.2. The number of benzene rings is 3. The Morgan fingerprint density at radius 3 is 2.46 bits per heavy atom. The molecule has 0 N–H and O–H groups in total. The van der Waals surface area contributed by atoms with Gasteiger partial charge in [0.25, 0.3) is 0 Å². The Kier molecular flexibility index (Phi) is 6.49. The lowest BCUT2D eigenvalue weighted by Crippen LogP contribution is -2.12. The number of rotatable bonds is 7. The summed E-state index contributed by atoms with van der Waals surface area (Å²) in [7, 11) is 0. The van der Waals surface area contributed by atoms with Crippen LogP contribution >= 0.6 is 0 Å². The van der Waals surface area contributed by atoms with E-state index in [0.717, 1.165) is 46.1 Å². The molecule has 0 fully saturated rings. The molecule has 1 heterocycles. The van der Waals surface area contributed by atoms with Crippen LogP contribution in [0.2, 0.25) is 0 Å². The summed E-state index contributed by atoms with van der Waals surface area (Å²) in [4.78, 5) is 30.4. The molecule has 0 spiro atoms. The Labute approximate surface area is 203 Å². The predicted octanol–water partition coefficient (Wildman–Crippen LogP) is 6.68. The summed E-state index contributed by atoms with van der Waals surface area (Å²) in [6.07, 6.45) is 4.27. The average molecular weight is 466 g/mol. The number of carbonyl (C=O) groups excluding carboxylic acids is 2. The van der Waals surface area contributed by atoms with Crippen LogP contribution in [0.5, 0.6) is 0 Å². The average Bonchev–Trinajstić information content (AvgIpc) is 3.27. The van der Waals surface area contributed by atoms with Gasteiger partial charge < -0.3 is 4.74 Å². The number of Topliss-reactive ketones (excluding diaryl/α,β-unsaturated/α-hetero) is 1. The molecule has 1 aliphatic rings. The summed E-state index contributed by atoms with van der Waals surface area (Å²) < 4.78 is 18.7. The molecule has 3 aromatic carbocycles. The van der Waals surface area contributed by atoms with Crippen molar-refractivity contribution in [2.75, 3.05) is 6.61 Å². The number of pyridine rings is 1. The predicted molar refractivity (Wildman–Crippen MR) is 135 cm³/mol. The minimum atomic E-state index is -0.393. The lowest BCUT2D eigenvalue weighted by molar-refractivity contribution is 0.0495. The first-order valence-corrected chi connectivity index (χ1v) is 11.7. The minimum absolute atomic E-state index is 0.105. The van der Waals surface area contributed by atoms with Crippen molar-refractivity contribution in [3.05, 3.63) is 113 Å². The number of fused-ring (bicyclic) bond motifs is 2. The Balaban J connectivity index is 1.35. The van der Waals surface area contributed by atoms with Gasteiger partial charge in [-0.25, -0.2) is 14.2 Å². The summed E-state index contributed by atoms with van der Waals surface area (Å²) in [5.74, 6) is -0.878. The zero-order valence-electron chi connectivity index (χ0n) is 19.2. The fourth-order valence-corrected chi connectivity index (χ4v) is 4.51. The second-order valence-electron chi connectivity index (χ2n) is 8.58. The third-order valence-corrected chi connectivity index (χ3v) is 6.23. The number of hydrogen-bond donors (Lipinski definition) is 0. The van der Waals surface area contributed by atoms with Crippen molar-refractivity contribution in [1.82, 2.24) is 4.98 Å². The topological polar surface area (TPSA) is 56.3 Å². The lowest BCUT2D eigenvalue weighted by Gasteiger charge is -2.12. The van der Waals surface area contributed by atoms with Crippen molar-refractivity contribution in [3.8, 4) is 0 Å². The largest absolute Gasteiger partial charge is 0.462 e. The number of carbonyl (C=O) groups is 2. The van der Waals surface area contributed by atoms with Gasteiger partial charge >= 0.3 is 5.97 Å². The number of allylic oxidation sites excluding steroid dienone is 1. The first kappa shape index (κ1) is 22.7. The Hall–Kier alpha value is -4.12. The molecule has 0 unspecified atom stereocenters. The van der Waals surface area contributed by atoms with Crippen LogP contribution in [-0.4, -0.2) is 23.3 Å². The molecule has 0 saturated carbocycles. The first-order valence-electron chi connectivity index (χ1n) is 11.7. The highest BCUT2D eigenvalue weighted by Crippen LogP contribution is 2.37. The van der Waals surface area contributed by atoms with Crippen LogP contribution in [0, 0.1) is 5.82 Å². The van der Waals surface area contributed by atoms with Crippen molar-refractivity contribution < 1.29 is 18.7 Å². The van der Waals surface area contributed by atoms with E-state index in [-0.39, 0.29) is 24.6 Å². The standard InChI is InChI=1S/C30H24FNO3/c31-23-15-12-21(13-16-23)27(33)11-6-18-35-30(34)28-24-9-4-5-10-26(24)32-29-22(14-17-25(28)29)19-20-7-2-1-3-8-20/h1-5,7-10,12-13,15-16,19H,6,11,14,17-18H2/b22-19+. The third-order valence-electron chi connectivity index (χ3n) is 6.23. The van der Waals surface area contributed by atoms with Gasteiger partial charge in [-0.1, -0.05) is 48.5 Å². The minimum Gasteiger partial charge on any atom is -0.462 e. The van der Waals surface area contributed by atoms with Gasteiger partial charge in [0, 0.05) is 17.4 Å². The fraction of sp³-hybridized carbons (Fsp3) is 0.167. The maximum Gasteiger partial charge on any atom is 0.339 e. The van der Waals surface area contributed by atoms with E-state index in [9.17, 15) is 14.0 Å². The van der Waals surface area contributed by atoms with Gasteiger partial charge in [-0.15, -0.1) is 0 Å². The normalized spacial score (nSPS) is 13.7. The molecule has 35 heavy (non-hydrogen) atoms. The second-order valence-corrected chi connectivity index (χ2v) is 8.58. The summed E-state index contributed by atoms with van der Waals surface area (Å²) in [6, 6.07) is 23.2. The van der Waals surface area contributed by atoms with Crippen LogP contribution in [0.15, 0.2) is 78.9 Å². The highest BCUT2D eigenvalue weighted by molar-refractivity contribution is 6.07. The van der Waals surface area contributed by atoms with Crippen molar-refractivity contribution in [2.45, 2.75) is 25.7 Å². The van der Waals surface area contributed by atoms with E-state index in [0.29, 0.717) is 17.5 Å². The number of halogens is 1. The van der Waals surface area contributed by atoms with Crippen molar-refractivity contribution in [1.29, 1.82) is 0 Å². The van der Waals surface area contributed by atoms with Gasteiger partial charge in [0.2, 0.25) is 0 Å².